The van der Waals surface area contributed by atoms with Crippen LogP contribution in [-0.4, -0.2) is 37.1 Å². The Bertz CT molecular complexity index is 138. The highest BCUT2D eigenvalue weighted by Crippen LogP contribution is 2.07. The van der Waals surface area contributed by atoms with Gasteiger partial charge in [0.1, 0.15) is 0 Å². The van der Waals surface area contributed by atoms with Gasteiger partial charge in [-0.3, -0.25) is 4.90 Å². The van der Waals surface area contributed by atoms with Gasteiger partial charge in [-0.2, -0.15) is 0 Å². The van der Waals surface area contributed by atoms with E-state index in [9.17, 15) is 0 Å². The van der Waals surface area contributed by atoms with E-state index in [-0.39, 0.29) is 0 Å². The Morgan fingerprint density at radius 2 is 2.00 bits per heavy atom. The van der Waals surface area contributed by atoms with Crippen LogP contribution >= 0.6 is 0 Å². The smallest absolute Gasteiger partial charge is 0.0239 e. The minimum Gasteiger partial charge on any atom is -0.315 e. The van der Waals surface area contributed by atoms with Gasteiger partial charge >= 0.3 is 0 Å². The average Bonchev–Trinajstić information content (AvgIpc) is 2.56. The summed E-state index contributed by atoms with van der Waals surface area (Å²) in [6, 6.07) is 0.681. The van der Waals surface area contributed by atoms with Crippen LogP contribution in [0.1, 0.15) is 6.42 Å². The Kier molecular flexibility index (Phi) is 4.05. The van der Waals surface area contributed by atoms with Crippen molar-refractivity contribution in [1.29, 1.82) is 0 Å². The predicted molar refractivity (Wildman–Crippen MR) is 53.2 cm³/mol. The SMILES string of the molecule is C=CCN(CC=C)[C@H]1CCNC1. The third-order valence-electron chi connectivity index (χ3n) is 2.28. The van der Waals surface area contributed by atoms with E-state index in [0.717, 1.165) is 26.2 Å². The summed E-state index contributed by atoms with van der Waals surface area (Å²) in [7, 11) is 0. The third kappa shape index (κ3) is 2.47. The number of nitrogens with zero attached hydrogens (tertiary/aromatic N) is 1. The summed E-state index contributed by atoms with van der Waals surface area (Å²) in [4.78, 5) is 2.40. The van der Waals surface area contributed by atoms with Gasteiger partial charge in [-0.15, -0.1) is 13.2 Å². The predicted octanol–water partition coefficient (Wildman–Crippen LogP) is 1.02. The molecule has 1 aliphatic heterocycles. The van der Waals surface area contributed by atoms with Crippen molar-refractivity contribution >= 4 is 0 Å². The molecule has 1 fully saturated rings. The Hall–Kier alpha value is -0.600. The van der Waals surface area contributed by atoms with Gasteiger partial charge in [-0.1, -0.05) is 12.2 Å². The van der Waals surface area contributed by atoms with E-state index in [1.54, 1.807) is 0 Å². The second-order valence-corrected chi connectivity index (χ2v) is 3.18. The van der Waals surface area contributed by atoms with Gasteiger partial charge in [0.2, 0.25) is 0 Å². The van der Waals surface area contributed by atoms with Gasteiger partial charge in [0.05, 0.1) is 0 Å². The molecule has 12 heavy (non-hydrogen) atoms. The van der Waals surface area contributed by atoms with Crippen LogP contribution in [-0.2, 0) is 0 Å². The zero-order valence-corrected chi connectivity index (χ0v) is 7.63. The molecule has 2 nitrogen and oxygen atoms in total. The van der Waals surface area contributed by atoms with E-state index >= 15 is 0 Å². The number of nitrogens with one attached hydrogen (secondary N) is 1. The van der Waals surface area contributed by atoms with Crippen LogP contribution in [0, 0.1) is 0 Å². The molecule has 1 atom stereocenters. The first-order valence-electron chi connectivity index (χ1n) is 4.55. The lowest BCUT2D eigenvalue weighted by atomic mass is 10.2. The Balaban J connectivity index is 2.38. The summed E-state index contributed by atoms with van der Waals surface area (Å²) >= 11 is 0. The first-order valence-corrected chi connectivity index (χ1v) is 4.55. The molecule has 1 heterocycles. The molecule has 0 unspecified atom stereocenters. The minimum absolute atomic E-state index is 0.681. The fourth-order valence-electron chi connectivity index (χ4n) is 1.66. The topological polar surface area (TPSA) is 15.3 Å². The molecule has 0 aliphatic carbocycles. The van der Waals surface area contributed by atoms with Crippen LogP contribution in [0.5, 0.6) is 0 Å². The van der Waals surface area contributed by atoms with Gasteiger partial charge in [-0.25, -0.2) is 0 Å². The maximum Gasteiger partial charge on any atom is 0.0239 e. The summed E-state index contributed by atoms with van der Waals surface area (Å²) in [6.45, 7) is 11.7. The molecule has 0 amide bonds. The van der Waals surface area contributed by atoms with E-state index < -0.39 is 0 Å². The van der Waals surface area contributed by atoms with Gasteiger partial charge in [0.25, 0.3) is 0 Å². The fraction of sp³-hybridized carbons (Fsp3) is 0.600. The quantitative estimate of drug-likeness (QED) is 0.613. The van der Waals surface area contributed by atoms with E-state index in [0.29, 0.717) is 6.04 Å². The lowest BCUT2D eigenvalue weighted by Gasteiger charge is -2.25. The van der Waals surface area contributed by atoms with Gasteiger partial charge in [0.15, 0.2) is 0 Å². The highest BCUT2D eigenvalue weighted by atomic mass is 15.2. The van der Waals surface area contributed by atoms with Crippen molar-refractivity contribution in [2.24, 2.45) is 0 Å². The van der Waals surface area contributed by atoms with Crippen LogP contribution in [0.2, 0.25) is 0 Å². The second-order valence-electron chi connectivity index (χ2n) is 3.18. The summed E-state index contributed by atoms with van der Waals surface area (Å²) in [5.74, 6) is 0. The monoisotopic (exact) mass is 166 g/mol. The zero-order chi connectivity index (χ0) is 8.81. The molecule has 1 saturated heterocycles. The third-order valence-corrected chi connectivity index (χ3v) is 2.28. The standard InChI is InChI=1S/C10H18N2/c1-3-7-12(8-4-2)10-5-6-11-9-10/h3-4,10-11H,1-2,5-9H2/t10-/m0/s1. The summed E-state index contributed by atoms with van der Waals surface area (Å²) < 4.78 is 0. The molecular weight excluding hydrogens is 148 g/mol. The van der Waals surface area contributed by atoms with E-state index in [4.69, 9.17) is 0 Å². The molecule has 0 saturated carbocycles. The highest BCUT2D eigenvalue weighted by molar-refractivity contribution is 4.88. The van der Waals surface area contributed by atoms with E-state index in [1.807, 2.05) is 12.2 Å². The van der Waals surface area contributed by atoms with Crippen LogP contribution in [0.25, 0.3) is 0 Å². The molecule has 1 rings (SSSR count). The largest absolute Gasteiger partial charge is 0.315 e. The molecule has 0 aromatic heterocycles. The highest BCUT2D eigenvalue weighted by Gasteiger charge is 2.19. The number of hydrogen-bond donors (Lipinski definition) is 1. The van der Waals surface area contributed by atoms with Crippen molar-refractivity contribution in [3.05, 3.63) is 25.3 Å². The Morgan fingerprint density at radius 3 is 2.42 bits per heavy atom. The normalized spacial score (nSPS) is 22.9. The zero-order valence-electron chi connectivity index (χ0n) is 7.63. The van der Waals surface area contributed by atoms with Crippen molar-refractivity contribution in [2.75, 3.05) is 26.2 Å². The van der Waals surface area contributed by atoms with Gasteiger partial charge in [0, 0.05) is 25.7 Å². The molecule has 0 aromatic carbocycles. The van der Waals surface area contributed by atoms with Crippen LogP contribution < -0.4 is 5.32 Å². The Morgan fingerprint density at radius 1 is 1.33 bits per heavy atom. The van der Waals surface area contributed by atoms with Crippen molar-refractivity contribution in [3.8, 4) is 0 Å². The molecule has 1 aliphatic rings. The Labute approximate surface area is 74.9 Å². The molecule has 0 radical (unpaired) electrons. The lowest BCUT2D eigenvalue weighted by Crippen LogP contribution is -2.36. The molecule has 1 N–H and O–H groups in total. The number of hydrogen-bond acceptors (Lipinski definition) is 2. The first kappa shape index (κ1) is 9.49. The molecular formula is C10H18N2. The average molecular weight is 166 g/mol. The van der Waals surface area contributed by atoms with Crippen molar-refractivity contribution in [2.45, 2.75) is 12.5 Å². The fourth-order valence-corrected chi connectivity index (χ4v) is 1.66. The molecule has 0 spiro atoms. The van der Waals surface area contributed by atoms with Crippen LogP contribution in [0.4, 0.5) is 0 Å². The maximum absolute atomic E-state index is 3.76. The van der Waals surface area contributed by atoms with Gasteiger partial charge in [-0.05, 0) is 13.0 Å². The summed E-state index contributed by atoms with van der Waals surface area (Å²) in [6.07, 6.45) is 5.17. The molecule has 0 bridgehead atoms. The minimum atomic E-state index is 0.681. The van der Waals surface area contributed by atoms with Crippen molar-refractivity contribution in [1.82, 2.24) is 10.2 Å². The van der Waals surface area contributed by atoms with E-state index in [1.165, 1.54) is 6.42 Å². The summed E-state index contributed by atoms with van der Waals surface area (Å²) in [5.41, 5.74) is 0. The van der Waals surface area contributed by atoms with Crippen LogP contribution in [0.3, 0.4) is 0 Å². The van der Waals surface area contributed by atoms with Crippen molar-refractivity contribution < 1.29 is 0 Å². The van der Waals surface area contributed by atoms with Crippen LogP contribution in [0.15, 0.2) is 25.3 Å². The first-order chi connectivity index (χ1) is 5.88. The summed E-state index contributed by atoms with van der Waals surface area (Å²) in [5, 5.41) is 3.36. The molecule has 0 aromatic rings. The lowest BCUT2D eigenvalue weighted by molar-refractivity contribution is 0.256. The second kappa shape index (κ2) is 5.12. The van der Waals surface area contributed by atoms with E-state index in [2.05, 4.69) is 23.4 Å². The number of rotatable bonds is 5. The van der Waals surface area contributed by atoms with Gasteiger partial charge < -0.3 is 5.32 Å². The molecule has 68 valence electrons. The maximum atomic E-state index is 3.76. The molecule has 2 heteroatoms. The van der Waals surface area contributed by atoms with Crippen molar-refractivity contribution in [3.63, 3.8) is 0 Å².